The molecule has 0 aliphatic heterocycles. The summed E-state index contributed by atoms with van der Waals surface area (Å²) >= 11 is 0. The van der Waals surface area contributed by atoms with Crippen molar-refractivity contribution >= 4 is 10.8 Å². The standard InChI is InChI=1S/C30H20F4O/c1-2-3-16-35-25-13-11-23(29(33)19-25)10-6-21-5-9-22(28(32)18-21)8-4-20-7-14-26-24(17-20)12-15-27(31)30(26)34/h5,7,9,11-15,17-19H,2-3,16H2,1H3. The highest BCUT2D eigenvalue weighted by atomic mass is 19.2. The third-order valence-electron chi connectivity index (χ3n) is 5.27. The first-order chi connectivity index (χ1) is 16.9. The maximum atomic E-state index is 14.6. The molecule has 0 spiro atoms. The van der Waals surface area contributed by atoms with Gasteiger partial charge in [-0.05, 0) is 60.3 Å². The molecule has 5 heteroatoms. The van der Waals surface area contributed by atoms with Crippen LogP contribution < -0.4 is 4.74 Å². The number of hydrogen-bond acceptors (Lipinski definition) is 1. The predicted molar refractivity (Wildman–Crippen MR) is 129 cm³/mol. The number of rotatable bonds is 4. The fourth-order valence-corrected chi connectivity index (χ4v) is 3.34. The summed E-state index contributed by atoms with van der Waals surface area (Å²) in [4.78, 5) is 0. The second-order valence-corrected chi connectivity index (χ2v) is 7.84. The summed E-state index contributed by atoms with van der Waals surface area (Å²) < 4.78 is 61.5. The summed E-state index contributed by atoms with van der Waals surface area (Å²) in [6.45, 7) is 2.57. The van der Waals surface area contributed by atoms with Gasteiger partial charge in [0.15, 0.2) is 11.6 Å². The molecule has 0 atom stereocenters. The monoisotopic (exact) mass is 472 g/mol. The molecule has 0 aliphatic carbocycles. The molecule has 4 aromatic rings. The van der Waals surface area contributed by atoms with Crippen molar-refractivity contribution in [2.75, 3.05) is 6.61 Å². The molecule has 0 bridgehead atoms. The lowest BCUT2D eigenvalue weighted by atomic mass is 10.1. The number of benzene rings is 4. The van der Waals surface area contributed by atoms with Crippen molar-refractivity contribution in [1.29, 1.82) is 0 Å². The van der Waals surface area contributed by atoms with Gasteiger partial charge >= 0.3 is 0 Å². The van der Waals surface area contributed by atoms with Crippen LogP contribution in [0.25, 0.3) is 10.8 Å². The highest BCUT2D eigenvalue weighted by Crippen LogP contribution is 2.21. The van der Waals surface area contributed by atoms with Crippen LogP contribution in [0.4, 0.5) is 17.6 Å². The first-order valence-electron chi connectivity index (χ1n) is 11.1. The largest absolute Gasteiger partial charge is 0.493 e. The fraction of sp³-hybridized carbons (Fsp3) is 0.133. The molecule has 0 amide bonds. The Morgan fingerprint density at radius 2 is 1.31 bits per heavy atom. The molecule has 0 radical (unpaired) electrons. The Labute approximate surface area is 201 Å². The van der Waals surface area contributed by atoms with E-state index in [1.165, 1.54) is 36.4 Å². The summed E-state index contributed by atoms with van der Waals surface area (Å²) in [7, 11) is 0. The van der Waals surface area contributed by atoms with E-state index in [0.717, 1.165) is 18.9 Å². The maximum absolute atomic E-state index is 14.6. The second kappa shape index (κ2) is 10.8. The van der Waals surface area contributed by atoms with Crippen LogP contribution in [0.3, 0.4) is 0 Å². The van der Waals surface area contributed by atoms with E-state index in [0.29, 0.717) is 28.9 Å². The molecule has 0 N–H and O–H groups in total. The topological polar surface area (TPSA) is 9.23 Å². The predicted octanol–water partition coefficient (Wildman–Crippen LogP) is 7.37. The second-order valence-electron chi connectivity index (χ2n) is 7.84. The van der Waals surface area contributed by atoms with Crippen molar-refractivity contribution in [3.05, 3.63) is 112 Å². The number of hydrogen-bond donors (Lipinski definition) is 0. The third kappa shape index (κ3) is 5.83. The van der Waals surface area contributed by atoms with Crippen molar-refractivity contribution < 1.29 is 22.3 Å². The van der Waals surface area contributed by atoms with Crippen LogP contribution in [0.15, 0.2) is 66.7 Å². The molecular weight excluding hydrogens is 452 g/mol. The number of unbranched alkanes of at least 4 members (excludes halogenated alkanes) is 1. The quantitative estimate of drug-likeness (QED) is 0.171. The van der Waals surface area contributed by atoms with Gasteiger partial charge in [0.2, 0.25) is 0 Å². The van der Waals surface area contributed by atoms with Crippen molar-refractivity contribution in [1.82, 2.24) is 0 Å². The summed E-state index contributed by atoms with van der Waals surface area (Å²) in [5, 5.41) is 0.648. The van der Waals surface area contributed by atoms with Crippen molar-refractivity contribution in [2.45, 2.75) is 19.8 Å². The van der Waals surface area contributed by atoms with Crippen LogP contribution in [-0.4, -0.2) is 6.61 Å². The molecule has 0 heterocycles. The molecule has 0 unspecified atom stereocenters. The Bertz CT molecular complexity index is 1520. The van der Waals surface area contributed by atoms with Crippen LogP contribution in [0.5, 0.6) is 5.75 Å². The van der Waals surface area contributed by atoms with Crippen LogP contribution in [0.1, 0.15) is 42.0 Å². The minimum absolute atomic E-state index is 0.153. The molecular formula is C30H20F4O. The van der Waals surface area contributed by atoms with Gasteiger partial charge in [-0.25, -0.2) is 17.6 Å². The van der Waals surface area contributed by atoms with Crippen LogP contribution in [0, 0.1) is 47.0 Å². The lowest BCUT2D eigenvalue weighted by Crippen LogP contribution is -1.97. The smallest absolute Gasteiger partial charge is 0.166 e. The Balaban J connectivity index is 1.50. The summed E-state index contributed by atoms with van der Waals surface area (Å²) in [6.07, 6.45) is 1.87. The van der Waals surface area contributed by atoms with E-state index in [1.54, 1.807) is 24.3 Å². The SMILES string of the molecule is CCCCOc1ccc(C#Cc2ccc(C#Cc3ccc4c(F)c(F)ccc4c3)c(F)c2)c(F)c1. The molecule has 1 nitrogen and oxygen atoms in total. The molecule has 0 fully saturated rings. The molecule has 4 aromatic carbocycles. The van der Waals surface area contributed by atoms with E-state index < -0.39 is 23.3 Å². The molecule has 0 aliphatic rings. The molecule has 0 saturated carbocycles. The zero-order valence-corrected chi connectivity index (χ0v) is 18.9. The fourth-order valence-electron chi connectivity index (χ4n) is 3.34. The Kier molecular flexibility index (Phi) is 7.38. The van der Waals surface area contributed by atoms with E-state index in [4.69, 9.17) is 4.74 Å². The van der Waals surface area contributed by atoms with Gasteiger partial charge in [-0.3, -0.25) is 0 Å². The Morgan fingerprint density at radius 1 is 0.657 bits per heavy atom. The molecule has 174 valence electrons. The van der Waals surface area contributed by atoms with Crippen LogP contribution in [0.2, 0.25) is 0 Å². The van der Waals surface area contributed by atoms with Gasteiger partial charge in [0, 0.05) is 22.6 Å². The highest BCUT2D eigenvalue weighted by molar-refractivity contribution is 5.84. The summed E-state index contributed by atoms with van der Waals surface area (Å²) in [5.41, 5.74) is 1.24. The minimum atomic E-state index is -0.919. The van der Waals surface area contributed by atoms with Crippen LogP contribution >= 0.6 is 0 Å². The van der Waals surface area contributed by atoms with E-state index in [1.807, 2.05) is 6.92 Å². The zero-order valence-electron chi connectivity index (χ0n) is 18.9. The summed E-state index contributed by atoms with van der Waals surface area (Å²) in [5.74, 6) is 8.58. The zero-order chi connectivity index (χ0) is 24.8. The number of ether oxygens (including phenoxy) is 1. The third-order valence-corrected chi connectivity index (χ3v) is 5.27. The first kappa shape index (κ1) is 23.9. The number of fused-ring (bicyclic) bond motifs is 1. The van der Waals surface area contributed by atoms with Crippen molar-refractivity contribution in [3.63, 3.8) is 0 Å². The van der Waals surface area contributed by atoms with Crippen molar-refractivity contribution in [3.8, 4) is 29.4 Å². The van der Waals surface area contributed by atoms with Gasteiger partial charge < -0.3 is 4.74 Å². The van der Waals surface area contributed by atoms with E-state index >= 15 is 0 Å². The lowest BCUT2D eigenvalue weighted by molar-refractivity contribution is 0.308. The highest BCUT2D eigenvalue weighted by Gasteiger charge is 2.07. The normalized spacial score (nSPS) is 10.3. The molecule has 0 saturated heterocycles. The van der Waals surface area contributed by atoms with Gasteiger partial charge in [-0.1, -0.05) is 49.2 Å². The van der Waals surface area contributed by atoms with E-state index in [-0.39, 0.29) is 16.5 Å². The van der Waals surface area contributed by atoms with E-state index in [9.17, 15) is 17.6 Å². The average molecular weight is 472 g/mol. The van der Waals surface area contributed by atoms with Crippen molar-refractivity contribution in [2.24, 2.45) is 0 Å². The summed E-state index contributed by atoms with van der Waals surface area (Å²) in [6, 6.07) is 15.9. The van der Waals surface area contributed by atoms with Gasteiger partial charge in [-0.2, -0.15) is 0 Å². The van der Waals surface area contributed by atoms with Gasteiger partial charge in [0.25, 0.3) is 0 Å². The minimum Gasteiger partial charge on any atom is -0.493 e. The molecule has 35 heavy (non-hydrogen) atoms. The molecule has 4 rings (SSSR count). The first-order valence-corrected chi connectivity index (χ1v) is 11.1. The maximum Gasteiger partial charge on any atom is 0.166 e. The van der Waals surface area contributed by atoms with Gasteiger partial charge in [0.05, 0.1) is 17.7 Å². The average Bonchev–Trinajstić information content (AvgIpc) is 2.85. The van der Waals surface area contributed by atoms with Crippen LogP contribution in [-0.2, 0) is 0 Å². The number of halogens is 4. The van der Waals surface area contributed by atoms with Gasteiger partial charge in [0.1, 0.15) is 17.4 Å². The Hall–Kier alpha value is -4.22. The van der Waals surface area contributed by atoms with E-state index in [2.05, 4.69) is 23.7 Å². The Morgan fingerprint density at radius 3 is 2.00 bits per heavy atom. The van der Waals surface area contributed by atoms with Gasteiger partial charge in [-0.15, -0.1) is 0 Å². The molecule has 0 aromatic heterocycles. The lowest BCUT2D eigenvalue weighted by Gasteiger charge is -2.05.